The third-order valence-electron chi connectivity index (χ3n) is 4.03. The number of anilines is 1. The molecule has 1 aliphatic heterocycles. The second-order valence-electron chi connectivity index (χ2n) is 6.02. The van der Waals surface area contributed by atoms with E-state index in [1.165, 1.54) is 0 Å². The maximum absolute atomic E-state index is 13.1. The normalized spacial score (nSPS) is 18.1. The van der Waals surface area contributed by atoms with Crippen LogP contribution in [-0.2, 0) is 6.18 Å². The van der Waals surface area contributed by atoms with E-state index in [0.717, 1.165) is 0 Å². The second-order valence-corrected chi connectivity index (χ2v) is 6.02. The summed E-state index contributed by atoms with van der Waals surface area (Å²) in [6.07, 6.45) is -5.00. The van der Waals surface area contributed by atoms with E-state index in [1.54, 1.807) is 31.2 Å². The Kier molecular flexibility index (Phi) is 4.60. The van der Waals surface area contributed by atoms with Crippen LogP contribution in [0, 0.1) is 0 Å². The van der Waals surface area contributed by atoms with Crippen LogP contribution in [0.4, 0.5) is 19.0 Å². The summed E-state index contributed by atoms with van der Waals surface area (Å²) >= 11 is 0. The van der Waals surface area contributed by atoms with Crippen LogP contribution in [0.5, 0.6) is 0 Å². The van der Waals surface area contributed by atoms with E-state index in [-0.39, 0.29) is 0 Å². The van der Waals surface area contributed by atoms with Crippen molar-refractivity contribution >= 4 is 16.7 Å². The van der Waals surface area contributed by atoms with Crippen molar-refractivity contribution in [3.63, 3.8) is 0 Å². The Hall–Kier alpha value is -1.93. The number of benzene rings is 1. The van der Waals surface area contributed by atoms with Gasteiger partial charge in [-0.15, -0.1) is 0 Å². The fourth-order valence-corrected chi connectivity index (χ4v) is 2.94. The highest BCUT2D eigenvalue weighted by Gasteiger charge is 2.36. The number of fused-ring (bicyclic) bond motifs is 1. The molecule has 1 aliphatic rings. The van der Waals surface area contributed by atoms with Crippen LogP contribution in [0.1, 0.15) is 12.7 Å². The molecule has 8 heteroatoms. The van der Waals surface area contributed by atoms with Gasteiger partial charge < -0.3 is 10.0 Å². The molecular weight excluding hydrogens is 321 g/mol. The molecular formula is C16H19F3N4O. The minimum atomic E-state index is -4.58. The number of alkyl halides is 3. The van der Waals surface area contributed by atoms with Crippen LogP contribution < -0.4 is 4.90 Å². The highest BCUT2D eigenvalue weighted by Crippen LogP contribution is 2.32. The number of aliphatic hydroxyl groups excluding tert-OH is 1. The van der Waals surface area contributed by atoms with Crippen molar-refractivity contribution in [3.8, 4) is 0 Å². The smallest absolute Gasteiger partial charge is 0.392 e. The Morgan fingerprint density at radius 3 is 2.42 bits per heavy atom. The molecule has 1 atom stereocenters. The lowest BCUT2D eigenvalue weighted by molar-refractivity contribution is -0.144. The van der Waals surface area contributed by atoms with Gasteiger partial charge in [-0.2, -0.15) is 13.2 Å². The molecule has 1 N–H and O–H groups in total. The third-order valence-corrected chi connectivity index (χ3v) is 4.03. The van der Waals surface area contributed by atoms with Crippen molar-refractivity contribution in [3.05, 3.63) is 30.1 Å². The van der Waals surface area contributed by atoms with Crippen LogP contribution in [0.3, 0.4) is 0 Å². The molecule has 3 rings (SSSR count). The van der Waals surface area contributed by atoms with E-state index in [1.807, 2.05) is 4.90 Å². The van der Waals surface area contributed by atoms with Crippen molar-refractivity contribution in [2.45, 2.75) is 19.2 Å². The van der Waals surface area contributed by atoms with Gasteiger partial charge in [0, 0.05) is 38.1 Å². The lowest BCUT2D eigenvalue weighted by atomic mass is 10.2. The van der Waals surface area contributed by atoms with E-state index >= 15 is 0 Å². The van der Waals surface area contributed by atoms with Crippen molar-refractivity contribution in [2.75, 3.05) is 37.6 Å². The number of para-hydroxylation sites is 1. The summed E-state index contributed by atoms with van der Waals surface area (Å²) in [6, 6.07) is 6.75. The van der Waals surface area contributed by atoms with Gasteiger partial charge in [0.05, 0.1) is 11.6 Å². The molecule has 1 saturated heterocycles. The van der Waals surface area contributed by atoms with E-state index in [9.17, 15) is 18.3 Å². The highest BCUT2D eigenvalue weighted by molar-refractivity contribution is 5.89. The zero-order chi connectivity index (χ0) is 17.3. The molecule has 1 aromatic carbocycles. The Bertz CT molecular complexity index is 712. The molecule has 0 saturated carbocycles. The van der Waals surface area contributed by atoms with Gasteiger partial charge in [0.15, 0.2) is 0 Å². The summed E-state index contributed by atoms with van der Waals surface area (Å²) in [5.41, 5.74) is 0.293. The number of rotatable bonds is 3. The molecule has 0 amide bonds. The van der Waals surface area contributed by atoms with E-state index in [4.69, 9.17) is 0 Å². The number of halogens is 3. The van der Waals surface area contributed by atoms with Crippen LogP contribution in [0.25, 0.3) is 10.9 Å². The van der Waals surface area contributed by atoms with E-state index in [2.05, 4.69) is 14.9 Å². The van der Waals surface area contributed by atoms with Gasteiger partial charge in [0.1, 0.15) is 5.82 Å². The second kappa shape index (κ2) is 6.52. The lowest BCUT2D eigenvalue weighted by Gasteiger charge is -2.36. The van der Waals surface area contributed by atoms with Gasteiger partial charge >= 0.3 is 6.18 Å². The number of hydrogen-bond donors (Lipinski definition) is 1. The molecule has 0 spiro atoms. The number of aromatic nitrogens is 2. The van der Waals surface area contributed by atoms with Gasteiger partial charge in [0.2, 0.25) is 5.82 Å². The topological polar surface area (TPSA) is 52.5 Å². The van der Waals surface area contributed by atoms with E-state index < -0.39 is 18.1 Å². The molecule has 0 bridgehead atoms. The van der Waals surface area contributed by atoms with Crippen molar-refractivity contribution < 1.29 is 18.3 Å². The number of hydrogen-bond acceptors (Lipinski definition) is 5. The summed E-state index contributed by atoms with van der Waals surface area (Å²) in [4.78, 5) is 11.4. The molecule has 0 aliphatic carbocycles. The molecule has 5 nitrogen and oxygen atoms in total. The quantitative estimate of drug-likeness (QED) is 0.928. The largest absolute Gasteiger partial charge is 0.451 e. The average molecular weight is 340 g/mol. The number of piperazine rings is 1. The Balaban J connectivity index is 1.91. The number of nitrogens with zero attached hydrogens (tertiary/aromatic N) is 4. The summed E-state index contributed by atoms with van der Waals surface area (Å²) in [7, 11) is 0. The summed E-state index contributed by atoms with van der Waals surface area (Å²) < 4.78 is 39.3. The SMILES string of the molecule is C[C@@H](O)CN1CCN(c2nc(C(F)(F)F)nc3ccccc23)CC1. The van der Waals surface area contributed by atoms with Gasteiger partial charge in [-0.3, -0.25) is 4.90 Å². The average Bonchev–Trinajstić information content (AvgIpc) is 2.53. The monoisotopic (exact) mass is 340 g/mol. The van der Waals surface area contributed by atoms with Crippen LogP contribution in [0.15, 0.2) is 24.3 Å². The molecule has 2 aromatic rings. The highest BCUT2D eigenvalue weighted by atomic mass is 19.4. The number of β-amino-alcohol motifs (C(OH)–C–C–N with tert-alkyl or cyclic N) is 1. The van der Waals surface area contributed by atoms with E-state index in [0.29, 0.717) is 49.4 Å². The summed E-state index contributed by atoms with van der Waals surface area (Å²) in [6.45, 7) is 4.75. The molecule has 2 heterocycles. The molecule has 130 valence electrons. The molecule has 24 heavy (non-hydrogen) atoms. The van der Waals surface area contributed by atoms with Gasteiger partial charge in [-0.25, -0.2) is 9.97 Å². The first-order valence-corrected chi connectivity index (χ1v) is 7.84. The Morgan fingerprint density at radius 2 is 1.79 bits per heavy atom. The minimum Gasteiger partial charge on any atom is -0.392 e. The van der Waals surface area contributed by atoms with Gasteiger partial charge in [-0.05, 0) is 19.1 Å². The molecule has 1 aromatic heterocycles. The molecule has 0 radical (unpaired) electrons. The van der Waals surface area contributed by atoms with Crippen molar-refractivity contribution in [1.29, 1.82) is 0 Å². The zero-order valence-corrected chi connectivity index (χ0v) is 13.3. The maximum atomic E-state index is 13.1. The van der Waals surface area contributed by atoms with Gasteiger partial charge in [-0.1, -0.05) is 12.1 Å². The zero-order valence-electron chi connectivity index (χ0n) is 13.3. The van der Waals surface area contributed by atoms with Crippen LogP contribution in [-0.4, -0.2) is 58.8 Å². The summed E-state index contributed by atoms with van der Waals surface area (Å²) in [5.74, 6) is -0.785. The fraction of sp³-hybridized carbons (Fsp3) is 0.500. The molecule has 1 fully saturated rings. The number of aliphatic hydroxyl groups is 1. The predicted molar refractivity (Wildman–Crippen MR) is 84.9 cm³/mol. The van der Waals surface area contributed by atoms with Crippen molar-refractivity contribution in [1.82, 2.24) is 14.9 Å². The summed E-state index contributed by atoms with van der Waals surface area (Å²) in [5, 5.41) is 10.1. The maximum Gasteiger partial charge on any atom is 0.451 e. The minimum absolute atomic E-state index is 0.293. The first-order valence-electron chi connectivity index (χ1n) is 7.84. The fourth-order valence-electron chi connectivity index (χ4n) is 2.94. The first kappa shape index (κ1) is 16.9. The Morgan fingerprint density at radius 1 is 1.12 bits per heavy atom. The predicted octanol–water partition coefficient (Wildman–Crippen LogP) is 2.15. The third kappa shape index (κ3) is 3.59. The Labute approximate surface area is 137 Å². The standard InChI is InChI=1S/C16H19F3N4O/c1-11(24)10-22-6-8-23(9-7-22)14-12-4-2-3-5-13(12)20-15(21-14)16(17,18)19/h2-5,11,24H,6-10H2,1H3/t11-/m1/s1. The molecule has 0 unspecified atom stereocenters. The van der Waals surface area contributed by atoms with Crippen molar-refractivity contribution in [2.24, 2.45) is 0 Å². The van der Waals surface area contributed by atoms with Crippen LogP contribution in [0.2, 0.25) is 0 Å². The lowest BCUT2D eigenvalue weighted by Crippen LogP contribution is -2.48. The van der Waals surface area contributed by atoms with Crippen LogP contribution >= 0.6 is 0 Å². The first-order chi connectivity index (χ1) is 11.3. The van der Waals surface area contributed by atoms with Gasteiger partial charge in [0.25, 0.3) is 0 Å².